The lowest BCUT2D eigenvalue weighted by Gasteiger charge is -2.11. The van der Waals surface area contributed by atoms with Crippen molar-refractivity contribution >= 4 is 11.6 Å². The number of rotatable bonds is 5. The first-order valence-corrected chi connectivity index (χ1v) is 7.31. The van der Waals surface area contributed by atoms with Gasteiger partial charge in [0.25, 0.3) is 0 Å². The second-order valence-corrected chi connectivity index (χ2v) is 5.43. The maximum Gasteiger partial charge on any atom is 0.193 e. The second-order valence-electron chi connectivity index (χ2n) is 5.43. The average molecular weight is 298 g/mol. The number of nitrogens with one attached hydrogen (secondary N) is 1. The van der Waals surface area contributed by atoms with Gasteiger partial charge in [0, 0.05) is 18.1 Å². The number of hydrogen-bond acceptors (Lipinski definition) is 3. The molecule has 116 valence electrons. The molecule has 2 rings (SSSR count). The fourth-order valence-corrected chi connectivity index (χ4v) is 2.04. The first-order valence-electron chi connectivity index (χ1n) is 7.31. The van der Waals surface area contributed by atoms with Crippen molar-refractivity contribution in [3.63, 3.8) is 0 Å². The van der Waals surface area contributed by atoms with Gasteiger partial charge in [0.1, 0.15) is 0 Å². The third-order valence-corrected chi connectivity index (χ3v) is 3.35. The number of hydrogen-bond donors (Lipinski definition) is 3. The van der Waals surface area contributed by atoms with E-state index in [-0.39, 0.29) is 12.5 Å². The molecule has 0 fully saturated rings. The van der Waals surface area contributed by atoms with E-state index in [4.69, 9.17) is 5.73 Å². The molecule has 0 saturated carbocycles. The Morgan fingerprint density at radius 3 is 2.64 bits per heavy atom. The molecule has 1 atom stereocenters. The number of aliphatic imine (C=N–C) groups is 1. The first-order chi connectivity index (χ1) is 10.6. The number of aliphatic hydroxyl groups is 1. The van der Waals surface area contributed by atoms with Crippen molar-refractivity contribution in [1.29, 1.82) is 0 Å². The van der Waals surface area contributed by atoms with Crippen LogP contribution in [0.1, 0.15) is 37.0 Å². The first kappa shape index (κ1) is 16.0. The van der Waals surface area contributed by atoms with Crippen LogP contribution in [0.2, 0.25) is 0 Å². The number of guanidine groups is 1. The molecule has 0 aliphatic heterocycles. The lowest BCUT2D eigenvalue weighted by atomic mass is 10.0. The molecule has 0 saturated heterocycles. The zero-order valence-electron chi connectivity index (χ0n) is 12.9. The largest absolute Gasteiger partial charge is 0.386 e. The summed E-state index contributed by atoms with van der Waals surface area (Å²) in [5.41, 5.74) is 8.77. The molecule has 5 nitrogen and oxygen atoms in total. The number of aromatic nitrogens is 1. The maximum absolute atomic E-state index is 10.0. The zero-order valence-corrected chi connectivity index (χ0v) is 12.9. The molecule has 22 heavy (non-hydrogen) atoms. The highest BCUT2D eigenvalue weighted by atomic mass is 16.3. The van der Waals surface area contributed by atoms with Gasteiger partial charge in [-0.1, -0.05) is 26.0 Å². The van der Waals surface area contributed by atoms with Crippen molar-refractivity contribution in [3.05, 3.63) is 59.9 Å². The van der Waals surface area contributed by atoms with Crippen LogP contribution in [0.3, 0.4) is 0 Å². The number of benzene rings is 1. The highest BCUT2D eigenvalue weighted by Crippen LogP contribution is 2.18. The molecule has 0 radical (unpaired) electrons. The summed E-state index contributed by atoms with van der Waals surface area (Å²) in [6.07, 6.45) is 2.59. The minimum atomic E-state index is -0.689. The lowest BCUT2D eigenvalue weighted by molar-refractivity contribution is 0.187. The molecule has 1 aromatic heterocycles. The molecular formula is C17H22N4O. The Bertz CT molecular complexity index is 626. The molecule has 0 aliphatic rings. The molecule has 1 heterocycles. The van der Waals surface area contributed by atoms with Gasteiger partial charge in [0.2, 0.25) is 0 Å². The van der Waals surface area contributed by atoms with E-state index in [0.29, 0.717) is 5.92 Å². The Labute approximate surface area is 130 Å². The van der Waals surface area contributed by atoms with Gasteiger partial charge >= 0.3 is 0 Å². The van der Waals surface area contributed by atoms with Crippen molar-refractivity contribution in [2.24, 2.45) is 10.7 Å². The van der Waals surface area contributed by atoms with Gasteiger partial charge in [-0.2, -0.15) is 0 Å². The molecule has 1 aromatic carbocycles. The third-order valence-electron chi connectivity index (χ3n) is 3.35. The Balaban J connectivity index is 1.97. The van der Waals surface area contributed by atoms with Crippen molar-refractivity contribution in [3.8, 4) is 0 Å². The standard InChI is InChI=1S/C17H22N4O/c1-12(2)14-4-3-5-15(10-14)21-17(18)20-11-16(22)13-6-8-19-9-7-13/h3-10,12,16,22H,11H2,1-2H3,(H3,18,20,21). The van der Waals surface area contributed by atoms with Crippen LogP contribution in [0.4, 0.5) is 5.69 Å². The minimum absolute atomic E-state index is 0.201. The van der Waals surface area contributed by atoms with Gasteiger partial charge in [-0.15, -0.1) is 0 Å². The van der Waals surface area contributed by atoms with Crippen LogP contribution in [-0.4, -0.2) is 22.6 Å². The fraction of sp³-hybridized carbons (Fsp3) is 0.294. The molecule has 0 spiro atoms. The van der Waals surface area contributed by atoms with Gasteiger partial charge < -0.3 is 16.2 Å². The number of nitrogens with zero attached hydrogens (tertiary/aromatic N) is 2. The number of aliphatic hydroxyl groups excluding tert-OH is 1. The van der Waals surface area contributed by atoms with E-state index >= 15 is 0 Å². The molecule has 0 amide bonds. The van der Waals surface area contributed by atoms with Crippen LogP contribution in [-0.2, 0) is 0 Å². The lowest BCUT2D eigenvalue weighted by Crippen LogP contribution is -2.23. The average Bonchev–Trinajstić information content (AvgIpc) is 2.53. The molecule has 4 N–H and O–H groups in total. The van der Waals surface area contributed by atoms with E-state index in [9.17, 15) is 5.11 Å². The number of nitrogens with two attached hydrogens (primary N) is 1. The summed E-state index contributed by atoms with van der Waals surface area (Å²) in [5, 5.41) is 13.1. The maximum atomic E-state index is 10.0. The van der Waals surface area contributed by atoms with Gasteiger partial charge in [0.15, 0.2) is 5.96 Å². The highest BCUT2D eigenvalue weighted by molar-refractivity contribution is 5.92. The van der Waals surface area contributed by atoms with E-state index in [1.807, 2.05) is 18.2 Å². The van der Waals surface area contributed by atoms with Gasteiger partial charge in [-0.25, -0.2) is 0 Å². The zero-order chi connectivity index (χ0) is 15.9. The van der Waals surface area contributed by atoms with E-state index in [1.54, 1.807) is 24.5 Å². The molecule has 1 unspecified atom stereocenters. The summed E-state index contributed by atoms with van der Waals surface area (Å²) in [6, 6.07) is 11.6. The van der Waals surface area contributed by atoms with Crippen LogP contribution in [0.15, 0.2) is 53.8 Å². The van der Waals surface area contributed by atoms with E-state index in [0.717, 1.165) is 11.3 Å². The SMILES string of the molecule is CC(C)c1cccc(NC(N)=NCC(O)c2ccncc2)c1. The van der Waals surface area contributed by atoms with Crippen molar-refractivity contribution in [2.75, 3.05) is 11.9 Å². The normalized spacial score (nSPS) is 13.2. The monoisotopic (exact) mass is 298 g/mol. The number of anilines is 1. The Hall–Kier alpha value is -2.40. The minimum Gasteiger partial charge on any atom is -0.386 e. The van der Waals surface area contributed by atoms with Gasteiger partial charge in [0.05, 0.1) is 12.6 Å². The van der Waals surface area contributed by atoms with Crippen molar-refractivity contribution in [2.45, 2.75) is 25.9 Å². The van der Waals surface area contributed by atoms with Gasteiger partial charge in [-0.3, -0.25) is 9.98 Å². The summed E-state index contributed by atoms with van der Waals surface area (Å²) in [5.74, 6) is 0.738. The molecule has 5 heteroatoms. The topological polar surface area (TPSA) is 83.5 Å². The molecular weight excluding hydrogens is 276 g/mol. The van der Waals surface area contributed by atoms with Crippen LogP contribution < -0.4 is 11.1 Å². The Morgan fingerprint density at radius 2 is 1.95 bits per heavy atom. The van der Waals surface area contributed by atoms with Crippen LogP contribution in [0, 0.1) is 0 Å². The summed E-state index contributed by atoms with van der Waals surface area (Å²) in [7, 11) is 0. The van der Waals surface area contributed by atoms with Crippen LogP contribution >= 0.6 is 0 Å². The van der Waals surface area contributed by atoms with E-state index in [2.05, 4.69) is 35.2 Å². The smallest absolute Gasteiger partial charge is 0.193 e. The third kappa shape index (κ3) is 4.56. The quantitative estimate of drug-likeness (QED) is 0.585. The number of pyridine rings is 1. The Morgan fingerprint density at radius 1 is 1.23 bits per heavy atom. The molecule has 0 aliphatic carbocycles. The second kappa shape index (κ2) is 7.56. The molecule has 0 bridgehead atoms. The van der Waals surface area contributed by atoms with Gasteiger partial charge in [-0.05, 0) is 41.3 Å². The fourth-order valence-electron chi connectivity index (χ4n) is 2.04. The summed E-state index contributed by atoms with van der Waals surface area (Å²) >= 11 is 0. The van der Waals surface area contributed by atoms with Crippen molar-refractivity contribution in [1.82, 2.24) is 4.98 Å². The van der Waals surface area contributed by atoms with E-state index < -0.39 is 6.10 Å². The van der Waals surface area contributed by atoms with Crippen LogP contribution in [0.5, 0.6) is 0 Å². The predicted octanol–water partition coefficient (Wildman–Crippen LogP) is 2.67. The summed E-state index contributed by atoms with van der Waals surface area (Å²) < 4.78 is 0. The Kier molecular flexibility index (Phi) is 5.49. The highest BCUT2D eigenvalue weighted by Gasteiger charge is 2.06. The van der Waals surface area contributed by atoms with Crippen molar-refractivity contribution < 1.29 is 5.11 Å². The summed E-state index contributed by atoms with van der Waals surface area (Å²) in [4.78, 5) is 8.10. The van der Waals surface area contributed by atoms with Crippen LogP contribution in [0.25, 0.3) is 0 Å². The summed E-state index contributed by atoms with van der Waals surface area (Å²) in [6.45, 7) is 4.48. The predicted molar refractivity (Wildman–Crippen MR) is 89.8 cm³/mol. The molecule has 2 aromatic rings. The van der Waals surface area contributed by atoms with E-state index in [1.165, 1.54) is 5.56 Å².